The highest BCUT2D eigenvalue weighted by Crippen LogP contribution is 2.23. The second kappa shape index (κ2) is 8.55. The fourth-order valence-electron chi connectivity index (χ4n) is 2.95. The molecule has 3 rings (SSSR count). The number of methoxy groups -OCH3 is 1. The summed E-state index contributed by atoms with van der Waals surface area (Å²) < 4.78 is 5.08. The standard InChI is InChI=1S/C20H23N3O4/c1-27-17-10-4-14(5-11-17)18(24)13-21-20(26)22-15-6-8-16(9-7-15)23-12-2-3-19(23)25/h4-11,18,24H,2-3,12-13H2,1H3,(H2,21,22,26). The molecule has 0 saturated carbocycles. The molecule has 1 fully saturated rings. The number of urea groups is 1. The molecule has 1 aliphatic heterocycles. The maximum absolute atomic E-state index is 12.0. The third-order valence-corrected chi connectivity index (χ3v) is 4.47. The van der Waals surface area contributed by atoms with E-state index in [4.69, 9.17) is 4.74 Å². The molecule has 0 bridgehead atoms. The molecular weight excluding hydrogens is 346 g/mol. The Balaban J connectivity index is 1.49. The molecular formula is C20H23N3O4. The van der Waals surface area contributed by atoms with Crippen LogP contribution in [0.25, 0.3) is 0 Å². The molecule has 142 valence electrons. The lowest BCUT2D eigenvalue weighted by Gasteiger charge is -2.16. The van der Waals surface area contributed by atoms with Crippen LogP contribution in [0.15, 0.2) is 48.5 Å². The largest absolute Gasteiger partial charge is 0.497 e. The van der Waals surface area contributed by atoms with E-state index < -0.39 is 12.1 Å². The molecule has 2 aromatic carbocycles. The van der Waals surface area contributed by atoms with Crippen molar-refractivity contribution in [3.63, 3.8) is 0 Å². The van der Waals surface area contributed by atoms with Crippen LogP contribution in [0.5, 0.6) is 5.75 Å². The first-order chi connectivity index (χ1) is 13.1. The van der Waals surface area contributed by atoms with Gasteiger partial charge in [0, 0.05) is 30.9 Å². The van der Waals surface area contributed by atoms with Crippen molar-refractivity contribution < 1.29 is 19.4 Å². The number of nitrogens with one attached hydrogen (secondary N) is 2. The quantitative estimate of drug-likeness (QED) is 0.730. The monoisotopic (exact) mass is 369 g/mol. The molecule has 0 spiro atoms. The third-order valence-electron chi connectivity index (χ3n) is 4.47. The van der Waals surface area contributed by atoms with E-state index in [1.165, 1.54) is 0 Å². The SMILES string of the molecule is COc1ccc(C(O)CNC(=O)Nc2ccc(N3CCCC3=O)cc2)cc1. The highest BCUT2D eigenvalue weighted by Gasteiger charge is 2.21. The molecule has 0 radical (unpaired) electrons. The topological polar surface area (TPSA) is 90.9 Å². The van der Waals surface area contributed by atoms with Gasteiger partial charge in [-0.15, -0.1) is 0 Å². The van der Waals surface area contributed by atoms with E-state index in [-0.39, 0.29) is 12.5 Å². The van der Waals surface area contributed by atoms with Crippen LogP contribution >= 0.6 is 0 Å². The van der Waals surface area contributed by atoms with Gasteiger partial charge in [0.2, 0.25) is 5.91 Å². The summed E-state index contributed by atoms with van der Waals surface area (Å²) in [6, 6.07) is 13.7. The first-order valence-electron chi connectivity index (χ1n) is 8.84. The zero-order chi connectivity index (χ0) is 19.2. The Bertz CT molecular complexity index is 790. The van der Waals surface area contributed by atoms with Crippen molar-refractivity contribution in [3.05, 3.63) is 54.1 Å². The Morgan fingerprint density at radius 1 is 1.19 bits per heavy atom. The van der Waals surface area contributed by atoms with Gasteiger partial charge in [0.05, 0.1) is 13.2 Å². The number of aliphatic hydroxyl groups is 1. The number of hydrogen-bond acceptors (Lipinski definition) is 4. The van der Waals surface area contributed by atoms with Crippen molar-refractivity contribution >= 4 is 23.3 Å². The Hall–Kier alpha value is -3.06. The van der Waals surface area contributed by atoms with E-state index >= 15 is 0 Å². The van der Waals surface area contributed by atoms with Gasteiger partial charge < -0.3 is 25.4 Å². The van der Waals surface area contributed by atoms with Crippen LogP contribution < -0.4 is 20.3 Å². The number of hydrogen-bond donors (Lipinski definition) is 3. The molecule has 1 aliphatic rings. The molecule has 3 amide bonds. The number of rotatable bonds is 6. The minimum Gasteiger partial charge on any atom is -0.497 e. The van der Waals surface area contributed by atoms with E-state index in [2.05, 4.69) is 10.6 Å². The number of aliphatic hydroxyl groups excluding tert-OH is 1. The van der Waals surface area contributed by atoms with Crippen LogP contribution in [0.3, 0.4) is 0 Å². The predicted octanol–water partition coefficient (Wildman–Crippen LogP) is 2.68. The lowest BCUT2D eigenvalue weighted by Crippen LogP contribution is -2.32. The van der Waals surface area contributed by atoms with E-state index in [0.717, 1.165) is 18.7 Å². The minimum absolute atomic E-state index is 0.0819. The van der Waals surface area contributed by atoms with Crippen LogP contribution in [0.2, 0.25) is 0 Å². The van der Waals surface area contributed by atoms with E-state index in [0.29, 0.717) is 23.4 Å². The summed E-state index contributed by atoms with van der Waals surface area (Å²) in [5, 5.41) is 15.5. The number of anilines is 2. The molecule has 1 unspecified atom stereocenters. The van der Waals surface area contributed by atoms with Crippen molar-refractivity contribution in [2.45, 2.75) is 18.9 Å². The van der Waals surface area contributed by atoms with Crippen molar-refractivity contribution in [2.24, 2.45) is 0 Å². The number of carbonyl (C=O) groups excluding carboxylic acids is 2. The summed E-state index contributed by atoms with van der Waals surface area (Å²) in [7, 11) is 1.58. The number of ether oxygens (including phenoxy) is 1. The van der Waals surface area contributed by atoms with Crippen LogP contribution in [0.4, 0.5) is 16.2 Å². The fraction of sp³-hybridized carbons (Fsp3) is 0.300. The molecule has 0 aromatic heterocycles. The van der Waals surface area contributed by atoms with Gasteiger partial charge in [-0.25, -0.2) is 4.79 Å². The van der Waals surface area contributed by atoms with Gasteiger partial charge in [-0.2, -0.15) is 0 Å². The van der Waals surface area contributed by atoms with Crippen molar-refractivity contribution in [2.75, 3.05) is 30.4 Å². The average Bonchev–Trinajstić information content (AvgIpc) is 3.12. The number of amides is 3. The second-order valence-corrected chi connectivity index (χ2v) is 6.32. The zero-order valence-corrected chi connectivity index (χ0v) is 15.1. The molecule has 7 heteroatoms. The van der Waals surface area contributed by atoms with Crippen molar-refractivity contribution in [3.8, 4) is 5.75 Å². The van der Waals surface area contributed by atoms with Gasteiger partial charge in [0.15, 0.2) is 0 Å². The molecule has 0 aliphatic carbocycles. The molecule has 1 heterocycles. The summed E-state index contributed by atoms with van der Waals surface area (Å²) in [6.45, 7) is 0.813. The van der Waals surface area contributed by atoms with Crippen LogP contribution in [0.1, 0.15) is 24.5 Å². The van der Waals surface area contributed by atoms with Crippen LogP contribution in [-0.4, -0.2) is 37.2 Å². The van der Waals surface area contributed by atoms with E-state index in [9.17, 15) is 14.7 Å². The van der Waals surface area contributed by atoms with Gasteiger partial charge >= 0.3 is 6.03 Å². The Kier molecular flexibility index (Phi) is 5.93. The lowest BCUT2D eigenvalue weighted by molar-refractivity contribution is -0.117. The van der Waals surface area contributed by atoms with Crippen LogP contribution in [-0.2, 0) is 4.79 Å². The smallest absolute Gasteiger partial charge is 0.319 e. The zero-order valence-electron chi connectivity index (χ0n) is 15.1. The number of benzene rings is 2. The normalized spacial score (nSPS) is 14.7. The summed E-state index contributed by atoms with van der Waals surface area (Å²) in [6.07, 6.45) is 0.640. The first kappa shape index (κ1) is 18.7. The number of nitrogens with zero attached hydrogens (tertiary/aromatic N) is 1. The Labute approximate surface area is 157 Å². The van der Waals surface area contributed by atoms with Gasteiger partial charge in [-0.3, -0.25) is 4.79 Å². The highest BCUT2D eigenvalue weighted by molar-refractivity contribution is 5.96. The van der Waals surface area contributed by atoms with Gasteiger partial charge in [-0.05, 0) is 48.4 Å². The molecule has 2 aromatic rings. The maximum Gasteiger partial charge on any atom is 0.319 e. The average molecular weight is 369 g/mol. The van der Waals surface area contributed by atoms with Crippen molar-refractivity contribution in [1.82, 2.24) is 5.32 Å². The van der Waals surface area contributed by atoms with E-state index in [1.807, 2.05) is 12.1 Å². The maximum atomic E-state index is 12.0. The van der Waals surface area contributed by atoms with Gasteiger partial charge in [-0.1, -0.05) is 12.1 Å². The molecule has 1 atom stereocenters. The summed E-state index contributed by atoms with van der Waals surface area (Å²) in [5.74, 6) is 0.830. The molecule has 27 heavy (non-hydrogen) atoms. The second-order valence-electron chi connectivity index (χ2n) is 6.32. The summed E-state index contributed by atoms with van der Waals surface area (Å²) in [5.41, 5.74) is 2.14. The predicted molar refractivity (Wildman–Crippen MR) is 103 cm³/mol. The Morgan fingerprint density at radius 3 is 2.48 bits per heavy atom. The van der Waals surface area contributed by atoms with E-state index in [1.54, 1.807) is 48.4 Å². The first-order valence-corrected chi connectivity index (χ1v) is 8.84. The van der Waals surface area contributed by atoms with Crippen molar-refractivity contribution in [1.29, 1.82) is 0 Å². The fourth-order valence-corrected chi connectivity index (χ4v) is 2.95. The van der Waals surface area contributed by atoms with Crippen LogP contribution in [0, 0.1) is 0 Å². The number of carbonyl (C=O) groups is 2. The Morgan fingerprint density at radius 2 is 1.89 bits per heavy atom. The highest BCUT2D eigenvalue weighted by atomic mass is 16.5. The summed E-state index contributed by atoms with van der Waals surface area (Å²) in [4.78, 5) is 25.5. The molecule has 7 nitrogen and oxygen atoms in total. The minimum atomic E-state index is -0.815. The van der Waals surface area contributed by atoms with Gasteiger partial charge in [0.25, 0.3) is 0 Å². The molecule has 1 saturated heterocycles. The third kappa shape index (κ3) is 4.77. The lowest BCUT2D eigenvalue weighted by atomic mass is 10.1. The van der Waals surface area contributed by atoms with Gasteiger partial charge in [0.1, 0.15) is 5.75 Å². The summed E-state index contributed by atoms with van der Waals surface area (Å²) >= 11 is 0. The molecule has 3 N–H and O–H groups in total.